The van der Waals surface area contributed by atoms with Gasteiger partial charge in [-0.3, -0.25) is 34.1 Å². The number of hydrogen-bond acceptors (Lipinski definition) is 11. The number of ketones is 3. The van der Waals surface area contributed by atoms with Gasteiger partial charge in [-0.2, -0.15) is 0 Å². The zero-order valence-corrected chi connectivity index (χ0v) is 28.7. The van der Waals surface area contributed by atoms with E-state index in [9.17, 15) is 47.3 Å². The summed E-state index contributed by atoms with van der Waals surface area (Å²) in [5.74, 6) is -4.84. The number of amides is 2. The number of anilines is 1. The number of sulfone groups is 1. The van der Waals surface area contributed by atoms with Gasteiger partial charge in [0.05, 0.1) is 27.7 Å². The normalized spacial score (nSPS) is 17.1. The molecule has 0 atom stereocenters. The number of ether oxygens (including phenoxy) is 1. The number of carbonyl (C=O) groups is 6. The van der Waals surface area contributed by atoms with E-state index < -0.39 is 55.2 Å². The Morgan fingerprint density at radius 3 is 2.08 bits per heavy atom. The second kappa shape index (κ2) is 15.3. The summed E-state index contributed by atoms with van der Waals surface area (Å²) in [5, 5.41) is 11.3. The van der Waals surface area contributed by atoms with E-state index in [0.29, 0.717) is 46.7 Å². The largest absolute Gasteiger partial charge is 0.462 e. The van der Waals surface area contributed by atoms with Crippen LogP contribution in [0.2, 0.25) is 5.02 Å². The van der Waals surface area contributed by atoms with Gasteiger partial charge in [-0.1, -0.05) is 23.2 Å². The molecule has 0 N–H and O–H groups in total. The van der Waals surface area contributed by atoms with Crippen LogP contribution < -0.4 is 4.90 Å². The maximum atomic E-state index is 12.7. The summed E-state index contributed by atoms with van der Waals surface area (Å²) in [5.41, 5.74) is 0.877. The van der Waals surface area contributed by atoms with Gasteiger partial charge in [0.2, 0.25) is 0 Å². The average molecular weight is 734 g/mol. The van der Waals surface area contributed by atoms with Gasteiger partial charge in [-0.05, 0) is 81.0 Å². The molecule has 1 saturated carbocycles. The first kappa shape index (κ1) is 37.3. The number of halogens is 2. The van der Waals surface area contributed by atoms with E-state index in [1.54, 1.807) is 25.1 Å². The highest BCUT2D eigenvalue weighted by Crippen LogP contribution is 2.37. The van der Waals surface area contributed by atoms with Gasteiger partial charge in [0.25, 0.3) is 17.5 Å². The highest BCUT2D eigenvalue weighted by molar-refractivity contribution is 7.90. The minimum absolute atomic E-state index is 0.0668. The molecule has 0 unspecified atom stereocenters. The molecule has 2 aromatic carbocycles. The minimum atomic E-state index is -3.70. The fourth-order valence-electron chi connectivity index (χ4n) is 5.60. The SMILES string of the molecule is CCOC(=O)/C(Cl)=C/c1cc(N2C(=O)C3=C(CCCC3)C2=O)ccc1Cl.CS(=O)(=O)c1ccc(C(=O)C2C(=O)CCCC2=O)c([N+](=O)[O-])c1. The van der Waals surface area contributed by atoms with Crippen LogP contribution in [0.25, 0.3) is 6.08 Å². The van der Waals surface area contributed by atoms with Gasteiger partial charge >= 0.3 is 5.97 Å². The fourth-order valence-corrected chi connectivity index (χ4v) is 6.59. The van der Waals surface area contributed by atoms with Crippen LogP contribution in [-0.2, 0) is 38.5 Å². The summed E-state index contributed by atoms with van der Waals surface area (Å²) >= 11 is 12.1. The van der Waals surface area contributed by atoms with Crippen molar-refractivity contribution in [3.05, 3.63) is 78.8 Å². The van der Waals surface area contributed by atoms with E-state index in [2.05, 4.69) is 0 Å². The molecule has 0 radical (unpaired) electrons. The standard InChI is InChI=1S/C19H17Cl2NO4.C14H13NO7S/c1-2-26-19(25)16(21)10-11-9-12(7-8-15(11)20)22-17(23)13-5-3-4-6-14(13)18(22)24;1-23(21,22)8-5-6-9(10(7-8)15(19)20)14(18)13-11(16)3-2-4-12(13)17/h7-10H,2-6H2,1H3;5-7,13H,2-4H2,1H3/b16-10-;. The molecular weight excluding hydrogens is 703 g/mol. The molecule has 1 fully saturated rings. The van der Waals surface area contributed by atoms with Crippen LogP contribution in [0.3, 0.4) is 0 Å². The van der Waals surface area contributed by atoms with Crippen molar-refractivity contribution in [3.63, 3.8) is 0 Å². The van der Waals surface area contributed by atoms with Crippen molar-refractivity contribution in [1.29, 1.82) is 0 Å². The third kappa shape index (κ3) is 8.20. The van der Waals surface area contributed by atoms with Crippen molar-refractivity contribution >= 4 is 85.6 Å². The van der Waals surface area contributed by atoms with E-state index in [1.807, 2.05) is 0 Å². The molecular formula is C33H30Cl2N2O11S. The fraction of sp³-hybridized carbons (Fsp3) is 0.333. The molecule has 0 aromatic heterocycles. The van der Waals surface area contributed by atoms with Crippen molar-refractivity contribution in [2.24, 2.45) is 5.92 Å². The molecule has 5 rings (SSSR count). The topological polar surface area (TPSA) is 192 Å². The van der Waals surface area contributed by atoms with Crippen molar-refractivity contribution in [2.45, 2.75) is 56.8 Å². The first-order chi connectivity index (χ1) is 23.1. The van der Waals surface area contributed by atoms with Gasteiger partial charge in [0, 0.05) is 41.3 Å². The predicted octanol–water partition coefficient (Wildman–Crippen LogP) is 5.35. The summed E-state index contributed by atoms with van der Waals surface area (Å²) < 4.78 is 27.8. The number of hydrogen-bond donors (Lipinski definition) is 0. The number of nitro benzene ring substituents is 1. The highest BCUT2D eigenvalue weighted by Gasteiger charge is 2.40. The number of esters is 1. The Bertz CT molecular complexity index is 1920. The van der Waals surface area contributed by atoms with Crippen LogP contribution in [0.4, 0.5) is 11.4 Å². The Kier molecular flexibility index (Phi) is 11.7. The number of rotatable bonds is 8. The van der Waals surface area contributed by atoms with Crippen LogP contribution >= 0.6 is 23.2 Å². The molecule has 16 heteroatoms. The molecule has 0 bridgehead atoms. The van der Waals surface area contributed by atoms with Crippen LogP contribution in [0.5, 0.6) is 0 Å². The molecule has 2 aliphatic carbocycles. The lowest BCUT2D eigenvalue weighted by Gasteiger charge is -2.18. The van der Waals surface area contributed by atoms with Crippen molar-refractivity contribution in [3.8, 4) is 0 Å². The second-order valence-electron chi connectivity index (χ2n) is 11.3. The Balaban J connectivity index is 0.000000223. The lowest BCUT2D eigenvalue weighted by molar-refractivity contribution is -0.385. The molecule has 0 saturated heterocycles. The van der Waals surface area contributed by atoms with Crippen molar-refractivity contribution in [1.82, 2.24) is 0 Å². The first-order valence-electron chi connectivity index (χ1n) is 15.1. The van der Waals surface area contributed by atoms with E-state index in [4.69, 9.17) is 27.9 Å². The molecule has 258 valence electrons. The predicted molar refractivity (Wildman–Crippen MR) is 178 cm³/mol. The van der Waals surface area contributed by atoms with Gasteiger partial charge in [-0.15, -0.1) is 0 Å². The van der Waals surface area contributed by atoms with Gasteiger partial charge in [-0.25, -0.2) is 18.1 Å². The summed E-state index contributed by atoms with van der Waals surface area (Å²) in [6.07, 6.45) is 5.82. The Hall–Kier alpha value is -4.53. The smallest absolute Gasteiger partial charge is 0.349 e. The summed E-state index contributed by atoms with van der Waals surface area (Å²) in [6, 6.07) is 7.53. The monoisotopic (exact) mass is 732 g/mol. The Morgan fingerprint density at radius 2 is 1.55 bits per heavy atom. The lowest BCUT2D eigenvalue weighted by atomic mass is 9.81. The van der Waals surface area contributed by atoms with Gasteiger partial charge in [0.1, 0.15) is 11.0 Å². The molecule has 49 heavy (non-hydrogen) atoms. The zero-order chi connectivity index (χ0) is 36.2. The molecule has 3 aliphatic rings. The maximum Gasteiger partial charge on any atom is 0.349 e. The third-order valence-corrected chi connectivity index (χ3v) is 9.71. The summed E-state index contributed by atoms with van der Waals surface area (Å²) in [7, 11) is -3.70. The van der Waals surface area contributed by atoms with E-state index in [1.165, 1.54) is 11.0 Å². The van der Waals surface area contributed by atoms with Crippen molar-refractivity contribution in [2.75, 3.05) is 17.8 Å². The quantitative estimate of drug-likeness (QED) is 0.0647. The number of Topliss-reactive ketones (excluding diaryl/α,β-unsaturated/α-hetero) is 3. The highest BCUT2D eigenvalue weighted by atomic mass is 35.5. The zero-order valence-electron chi connectivity index (χ0n) is 26.3. The Labute approximate surface area is 290 Å². The number of nitrogens with zero attached hydrogens (tertiary/aromatic N) is 2. The van der Waals surface area contributed by atoms with Crippen LogP contribution in [0.15, 0.2) is 57.5 Å². The molecule has 2 aromatic rings. The number of nitro groups is 1. The van der Waals surface area contributed by atoms with Crippen LogP contribution in [-0.4, -0.2) is 61.3 Å². The van der Waals surface area contributed by atoms with Gasteiger partial charge in [0.15, 0.2) is 27.2 Å². The van der Waals surface area contributed by atoms with E-state index in [-0.39, 0.29) is 41.2 Å². The van der Waals surface area contributed by atoms with E-state index in [0.717, 1.165) is 37.3 Å². The number of benzene rings is 2. The minimum Gasteiger partial charge on any atom is -0.462 e. The van der Waals surface area contributed by atoms with Crippen LogP contribution in [0.1, 0.15) is 67.8 Å². The van der Waals surface area contributed by atoms with E-state index >= 15 is 0 Å². The Morgan fingerprint density at radius 1 is 0.959 bits per heavy atom. The first-order valence-corrected chi connectivity index (χ1v) is 17.7. The molecule has 13 nitrogen and oxygen atoms in total. The van der Waals surface area contributed by atoms with Gasteiger partial charge < -0.3 is 4.74 Å². The maximum absolute atomic E-state index is 12.7. The summed E-state index contributed by atoms with van der Waals surface area (Å²) in [6.45, 7) is 1.87. The molecule has 0 spiro atoms. The number of imide groups is 1. The molecule has 2 amide bonds. The number of carbonyl (C=O) groups excluding carboxylic acids is 6. The lowest BCUT2D eigenvalue weighted by Crippen LogP contribution is -2.35. The van der Waals surface area contributed by atoms with Crippen molar-refractivity contribution < 1.29 is 46.8 Å². The summed E-state index contributed by atoms with van der Waals surface area (Å²) in [4.78, 5) is 84.1. The second-order valence-corrected chi connectivity index (χ2v) is 14.2. The average Bonchev–Trinajstić information content (AvgIpc) is 3.30. The molecule has 1 heterocycles. The van der Waals surface area contributed by atoms with Crippen LogP contribution in [0, 0.1) is 16.0 Å². The molecule has 1 aliphatic heterocycles. The third-order valence-electron chi connectivity index (χ3n) is 7.99.